The van der Waals surface area contributed by atoms with Gasteiger partial charge in [-0.05, 0) is 42.2 Å². The Morgan fingerprint density at radius 1 is 1.00 bits per heavy atom. The fourth-order valence-corrected chi connectivity index (χ4v) is 6.64. The molecule has 0 saturated heterocycles. The minimum atomic E-state index is -3.46. The first-order valence-corrected chi connectivity index (χ1v) is 13.4. The summed E-state index contributed by atoms with van der Waals surface area (Å²) in [6.45, 7) is 0. The summed E-state index contributed by atoms with van der Waals surface area (Å²) >= 11 is 6.64. The molecule has 0 unspecified atom stereocenters. The van der Waals surface area contributed by atoms with Gasteiger partial charge in [-0.25, -0.2) is 13.4 Å². The summed E-state index contributed by atoms with van der Waals surface area (Å²) in [6.07, 6.45) is 4.50. The molecule has 5 aromatic rings. The second-order valence-electron chi connectivity index (χ2n) is 8.79. The lowest BCUT2D eigenvalue weighted by atomic mass is 9.92. The number of rotatable bonds is 5. The molecular weight excluding hydrogens is 482 g/mol. The van der Waals surface area contributed by atoms with Crippen LogP contribution in [0.4, 0.5) is 0 Å². The van der Waals surface area contributed by atoms with E-state index in [9.17, 15) is 13.2 Å². The van der Waals surface area contributed by atoms with Crippen LogP contribution >= 0.6 is 11.6 Å². The Hall–Kier alpha value is -3.55. The van der Waals surface area contributed by atoms with Crippen molar-refractivity contribution in [2.75, 3.05) is 0 Å². The quantitative estimate of drug-likeness (QED) is 0.341. The van der Waals surface area contributed by atoms with E-state index >= 15 is 0 Å². The zero-order valence-electron chi connectivity index (χ0n) is 18.5. The zero-order valence-corrected chi connectivity index (χ0v) is 20.1. The first kappa shape index (κ1) is 21.9. The van der Waals surface area contributed by atoms with Crippen molar-refractivity contribution in [2.45, 2.75) is 23.8 Å². The Morgan fingerprint density at radius 2 is 1.80 bits per heavy atom. The van der Waals surface area contributed by atoms with Crippen molar-refractivity contribution < 1.29 is 8.42 Å². The third-order valence-corrected chi connectivity index (χ3v) is 8.84. The molecule has 3 heterocycles. The van der Waals surface area contributed by atoms with Gasteiger partial charge in [-0.2, -0.15) is 0 Å². The smallest absolute Gasteiger partial charge is 0.191 e. The molecule has 3 aromatic heterocycles. The van der Waals surface area contributed by atoms with Crippen molar-refractivity contribution >= 4 is 43.4 Å². The summed E-state index contributed by atoms with van der Waals surface area (Å²) in [7, 11) is -3.46. The van der Waals surface area contributed by atoms with Crippen molar-refractivity contribution in [1.82, 2.24) is 15.0 Å². The average molecular weight is 502 g/mol. The first-order chi connectivity index (χ1) is 16.9. The molecule has 1 saturated carbocycles. The van der Waals surface area contributed by atoms with E-state index in [-0.39, 0.29) is 21.8 Å². The Bertz CT molecular complexity index is 1780. The molecule has 1 aliphatic rings. The van der Waals surface area contributed by atoms with Gasteiger partial charge in [0.25, 0.3) is 0 Å². The molecule has 35 heavy (non-hydrogen) atoms. The van der Waals surface area contributed by atoms with Gasteiger partial charge >= 0.3 is 0 Å². The molecule has 0 radical (unpaired) electrons. The van der Waals surface area contributed by atoms with Gasteiger partial charge in [-0.1, -0.05) is 48.0 Å². The maximum atomic E-state index is 13.3. The van der Waals surface area contributed by atoms with E-state index in [2.05, 4.69) is 9.97 Å². The minimum Gasteiger partial charge on any atom is -0.346 e. The number of fused-ring (bicyclic) bond motifs is 2. The van der Waals surface area contributed by atoms with Crippen molar-refractivity contribution in [3.63, 3.8) is 0 Å². The van der Waals surface area contributed by atoms with Crippen LogP contribution in [0.25, 0.3) is 44.3 Å². The van der Waals surface area contributed by atoms with Crippen LogP contribution in [0, 0.1) is 0 Å². The highest BCUT2D eigenvalue weighted by Crippen LogP contribution is 2.41. The molecule has 0 atom stereocenters. The summed E-state index contributed by atoms with van der Waals surface area (Å²) in [4.78, 5) is 25.4. The fourth-order valence-electron chi connectivity index (χ4n) is 4.58. The van der Waals surface area contributed by atoms with E-state index in [0.29, 0.717) is 51.4 Å². The van der Waals surface area contributed by atoms with Crippen LogP contribution in [0.2, 0.25) is 5.02 Å². The van der Waals surface area contributed by atoms with Gasteiger partial charge in [0.15, 0.2) is 15.3 Å². The molecule has 0 spiro atoms. The number of H-pyrrole nitrogens is 1. The van der Waals surface area contributed by atoms with Crippen LogP contribution in [0.1, 0.15) is 18.4 Å². The van der Waals surface area contributed by atoms with Crippen molar-refractivity contribution in [2.24, 2.45) is 0 Å². The van der Waals surface area contributed by atoms with E-state index in [4.69, 9.17) is 16.6 Å². The zero-order chi connectivity index (χ0) is 24.2. The number of hydrogen-bond donors (Lipinski definition) is 1. The summed E-state index contributed by atoms with van der Waals surface area (Å²) in [5.41, 5.74) is 3.85. The number of nitrogens with one attached hydrogen (secondary N) is 1. The maximum Gasteiger partial charge on any atom is 0.191 e. The predicted molar refractivity (Wildman–Crippen MR) is 139 cm³/mol. The predicted octanol–water partition coefficient (Wildman–Crippen LogP) is 5.54. The van der Waals surface area contributed by atoms with Gasteiger partial charge in [0.05, 0.1) is 32.6 Å². The monoisotopic (exact) mass is 501 g/mol. The molecule has 174 valence electrons. The highest BCUT2D eigenvalue weighted by molar-refractivity contribution is 7.91. The van der Waals surface area contributed by atoms with E-state index in [1.54, 1.807) is 12.3 Å². The topological polar surface area (TPSA) is 92.8 Å². The normalized spacial score (nSPS) is 14.0. The summed E-state index contributed by atoms with van der Waals surface area (Å²) in [5, 5.41) is 1.17. The molecule has 2 aromatic carbocycles. The van der Waals surface area contributed by atoms with Crippen LogP contribution in [0.15, 0.2) is 77.9 Å². The largest absolute Gasteiger partial charge is 0.346 e. The molecule has 8 heteroatoms. The molecule has 0 aliphatic heterocycles. The molecule has 0 bridgehead atoms. The molecule has 0 amide bonds. The van der Waals surface area contributed by atoms with Crippen LogP contribution in [-0.4, -0.2) is 28.6 Å². The number of pyridine rings is 3. The number of halogens is 1. The minimum absolute atomic E-state index is 0.248. The Labute approximate surface area is 206 Å². The lowest BCUT2D eigenvalue weighted by molar-refractivity contribution is 0.594. The maximum absolute atomic E-state index is 13.3. The van der Waals surface area contributed by atoms with E-state index in [1.165, 1.54) is 12.3 Å². The van der Waals surface area contributed by atoms with Crippen molar-refractivity contribution in [3.8, 4) is 22.4 Å². The Balaban J connectivity index is 1.76. The Morgan fingerprint density at radius 3 is 2.57 bits per heavy atom. The van der Waals surface area contributed by atoms with Gasteiger partial charge in [0.2, 0.25) is 0 Å². The molecule has 1 N–H and O–H groups in total. The number of benzene rings is 2. The SMILES string of the molecule is O=c1cc[nH]c2nc(-c3ccccc3)c(-c3cc(Cl)c4ncccc4c3)c(CS(=O)(=O)C3CC3)c12. The van der Waals surface area contributed by atoms with Crippen LogP contribution in [0.3, 0.4) is 0 Å². The van der Waals surface area contributed by atoms with Gasteiger partial charge in [-0.15, -0.1) is 0 Å². The molecule has 1 fully saturated rings. The summed E-state index contributed by atoms with van der Waals surface area (Å²) in [5.74, 6) is -0.248. The lowest BCUT2D eigenvalue weighted by Crippen LogP contribution is -2.15. The molecule has 6 nitrogen and oxygen atoms in total. The van der Waals surface area contributed by atoms with Gasteiger partial charge in [0, 0.05) is 35.0 Å². The van der Waals surface area contributed by atoms with Gasteiger partial charge in [-0.3, -0.25) is 9.78 Å². The molecular formula is C27H20ClN3O3S. The highest BCUT2D eigenvalue weighted by atomic mass is 35.5. The second kappa shape index (κ2) is 8.29. The van der Waals surface area contributed by atoms with Gasteiger partial charge < -0.3 is 4.98 Å². The number of aromatic amines is 1. The molecule has 1 aliphatic carbocycles. The van der Waals surface area contributed by atoms with Crippen LogP contribution < -0.4 is 5.43 Å². The standard InChI is InChI=1S/C27H20ClN3O3S/c28-21-14-18(13-17-7-4-11-29-25(17)21)23-20(15-35(33,34)19-8-9-19)24-22(32)10-12-30-27(24)31-26(23)16-5-2-1-3-6-16/h1-7,10-14,19H,8-9,15H2,(H,30,31,32). The summed E-state index contributed by atoms with van der Waals surface area (Å²) in [6, 6.07) is 18.4. The number of nitrogens with zero attached hydrogens (tertiary/aromatic N) is 2. The van der Waals surface area contributed by atoms with E-state index in [1.807, 2.05) is 48.5 Å². The van der Waals surface area contributed by atoms with Crippen molar-refractivity contribution in [3.05, 3.63) is 93.9 Å². The first-order valence-electron chi connectivity index (χ1n) is 11.3. The number of sulfone groups is 1. The Kier molecular flexibility index (Phi) is 5.20. The van der Waals surface area contributed by atoms with Crippen molar-refractivity contribution in [1.29, 1.82) is 0 Å². The number of aromatic nitrogens is 3. The number of hydrogen-bond acceptors (Lipinski definition) is 5. The van der Waals surface area contributed by atoms with E-state index < -0.39 is 9.84 Å². The van der Waals surface area contributed by atoms with Gasteiger partial charge in [0.1, 0.15) is 5.65 Å². The van der Waals surface area contributed by atoms with Crippen LogP contribution in [0.5, 0.6) is 0 Å². The lowest BCUT2D eigenvalue weighted by Gasteiger charge is -2.18. The molecule has 6 rings (SSSR count). The third kappa shape index (κ3) is 3.90. The van der Waals surface area contributed by atoms with Crippen LogP contribution in [-0.2, 0) is 15.6 Å². The third-order valence-electron chi connectivity index (χ3n) is 6.37. The highest BCUT2D eigenvalue weighted by Gasteiger charge is 2.37. The second-order valence-corrected chi connectivity index (χ2v) is 11.5. The average Bonchev–Trinajstić information content (AvgIpc) is 3.71. The fraction of sp³-hybridized carbons (Fsp3) is 0.148. The van der Waals surface area contributed by atoms with E-state index in [0.717, 1.165) is 10.9 Å². The summed E-state index contributed by atoms with van der Waals surface area (Å²) < 4.78 is 26.5.